The number of ether oxygens (including phenoxy) is 1. The maximum absolute atomic E-state index is 12.0. The second-order valence-corrected chi connectivity index (χ2v) is 5.18. The molecular weight excluding hydrogens is 281 g/mol. The molecule has 0 saturated carbocycles. The molecule has 10 heteroatoms. The molecule has 1 heterocycles. The summed E-state index contributed by atoms with van der Waals surface area (Å²) in [6, 6.07) is 2.30. The van der Waals surface area contributed by atoms with E-state index in [1.807, 2.05) is 4.72 Å². The predicted molar refractivity (Wildman–Crippen MR) is 56.8 cm³/mol. The zero-order valence-electron chi connectivity index (χ0n) is 8.33. The zero-order chi connectivity index (χ0) is 13.3. The smallest absolute Gasteiger partial charge is 0.388 e. The van der Waals surface area contributed by atoms with Gasteiger partial charge in [0.1, 0.15) is 10.3 Å². The lowest BCUT2D eigenvalue weighted by atomic mass is 10.4. The van der Waals surface area contributed by atoms with E-state index in [4.69, 9.17) is 0 Å². The van der Waals surface area contributed by atoms with Crippen molar-refractivity contribution in [3.63, 3.8) is 0 Å². The molecule has 0 fully saturated rings. The van der Waals surface area contributed by atoms with Crippen molar-refractivity contribution in [1.29, 1.82) is 0 Å². The molecule has 5 nitrogen and oxygen atoms in total. The van der Waals surface area contributed by atoms with E-state index in [0.29, 0.717) is 0 Å². The van der Waals surface area contributed by atoms with Crippen LogP contribution in [-0.4, -0.2) is 26.0 Å². The summed E-state index contributed by atoms with van der Waals surface area (Å²) >= 11 is 4.61. The minimum atomic E-state index is -4.95. The molecule has 0 radical (unpaired) electrons. The number of nitrogens with one attached hydrogen (secondary N) is 2. The number of pyridine rings is 1. The summed E-state index contributed by atoms with van der Waals surface area (Å²) in [5, 5.41) is 0. The van der Waals surface area contributed by atoms with Crippen molar-refractivity contribution >= 4 is 27.9 Å². The number of anilines is 1. The fourth-order valence-corrected chi connectivity index (χ4v) is 1.65. The molecule has 0 amide bonds. The fraction of sp³-hybridized carbons (Fsp3) is 0.286. The minimum Gasteiger partial charge on any atom is -0.388 e. The van der Waals surface area contributed by atoms with Crippen LogP contribution in [0.5, 0.6) is 5.88 Å². The molecule has 0 aliphatic rings. The zero-order valence-corrected chi connectivity index (χ0v) is 9.96. The highest BCUT2D eigenvalue weighted by molar-refractivity contribution is 7.92. The third kappa shape index (κ3) is 5.04. The maximum atomic E-state index is 12.0. The van der Waals surface area contributed by atoms with Gasteiger partial charge in [-0.05, 0) is 12.1 Å². The molecular formula is C7H7F3N2O3S2. The van der Waals surface area contributed by atoms with Gasteiger partial charge < -0.3 is 9.72 Å². The van der Waals surface area contributed by atoms with Crippen molar-refractivity contribution in [3.05, 3.63) is 16.8 Å². The second kappa shape index (κ2) is 4.53. The molecule has 0 aliphatic heterocycles. The topological polar surface area (TPSA) is 71.2 Å². The second-order valence-electron chi connectivity index (χ2n) is 2.99. The number of hydrogen-bond donors (Lipinski definition) is 2. The molecule has 0 atom stereocenters. The van der Waals surface area contributed by atoms with E-state index in [2.05, 4.69) is 21.9 Å². The van der Waals surface area contributed by atoms with Crippen LogP contribution in [-0.2, 0) is 10.0 Å². The molecule has 0 bridgehead atoms. The van der Waals surface area contributed by atoms with E-state index >= 15 is 0 Å². The fourth-order valence-electron chi connectivity index (χ4n) is 0.932. The Hall–Kier alpha value is -1.29. The summed E-state index contributed by atoms with van der Waals surface area (Å²) in [5.74, 6) is -0.810. The number of H-pyrrole nitrogens is 1. The van der Waals surface area contributed by atoms with Crippen LogP contribution in [0, 0.1) is 4.64 Å². The number of hydrogen-bond acceptors (Lipinski definition) is 4. The number of alkyl halides is 3. The lowest BCUT2D eigenvalue weighted by Crippen LogP contribution is -2.20. The first-order chi connectivity index (χ1) is 7.57. The molecule has 0 aliphatic carbocycles. The Morgan fingerprint density at radius 1 is 1.41 bits per heavy atom. The van der Waals surface area contributed by atoms with Crippen molar-refractivity contribution < 1.29 is 26.3 Å². The third-order valence-corrected chi connectivity index (χ3v) is 2.22. The van der Waals surface area contributed by atoms with Gasteiger partial charge in [0.2, 0.25) is 15.9 Å². The van der Waals surface area contributed by atoms with Crippen LogP contribution in [0.25, 0.3) is 0 Å². The Morgan fingerprint density at radius 3 is 2.47 bits per heavy atom. The Balaban J connectivity index is 3.17. The summed E-state index contributed by atoms with van der Waals surface area (Å²) in [4.78, 5) is 2.10. The SMILES string of the molecule is CS(=O)(=O)Nc1ccc(=S)[nH]c1OC(F)(F)F. The van der Waals surface area contributed by atoms with Gasteiger partial charge in [-0.25, -0.2) is 8.42 Å². The summed E-state index contributed by atoms with van der Waals surface area (Å²) in [6.45, 7) is 0. The molecule has 1 aromatic heterocycles. The lowest BCUT2D eigenvalue weighted by molar-refractivity contribution is -0.275. The van der Waals surface area contributed by atoms with Gasteiger partial charge in [0, 0.05) is 0 Å². The first kappa shape index (κ1) is 13.8. The Bertz CT molecular complexity index is 564. The van der Waals surface area contributed by atoms with Crippen molar-refractivity contribution in [2.75, 3.05) is 11.0 Å². The molecule has 1 aromatic rings. The van der Waals surface area contributed by atoms with Crippen molar-refractivity contribution in [2.45, 2.75) is 6.36 Å². The van der Waals surface area contributed by atoms with Crippen LogP contribution >= 0.6 is 12.2 Å². The highest BCUT2D eigenvalue weighted by Gasteiger charge is 2.32. The van der Waals surface area contributed by atoms with E-state index in [1.54, 1.807) is 0 Å². The van der Waals surface area contributed by atoms with Gasteiger partial charge in [-0.15, -0.1) is 13.2 Å². The van der Waals surface area contributed by atoms with Crippen LogP contribution in [0.15, 0.2) is 12.1 Å². The Kier molecular flexibility index (Phi) is 3.67. The van der Waals surface area contributed by atoms with Crippen LogP contribution in [0.3, 0.4) is 0 Å². The first-order valence-electron chi connectivity index (χ1n) is 4.04. The molecule has 17 heavy (non-hydrogen) atoms. The van der Waals surface area contributed by atoms with Crippen molar-refractivity contribution in [2.24, 2.45) is 0 Å². The molecule has 0 aromatic carbocycles. The van der Waals surface area contributed by atoms with E-state index in [-0.39, 0.29) is 10.3 Å². The van der Waals surface area contributed by atoms with E-state index in [0.717, 1.165) is 12.3 Å². The van der Waals surface area contributed by atoms with Gasteiger partial charge in [-0.1, -0.05) is 12.2 Å². The molecule has 1 rings (SSSR count). The molecule has 0 spiro atoms. The standard InChI is InChI=1S/C7H7F3N2O3S2/c1-17(13,14)12-4-2-3-5(16)11-6(4)15-7(8,9)10/h2-3,12H,1H3,(H,11,16). The molecule has 0 unspecified atom stereocenters. The first-order valence-corrected chi connectivity index (χ1v) is 6.34. The van der Waals surface area contributed by atoms with E-state index in [1.165, 1.54) is 6.07 Å². The van der Waals surface area contributed by atoms with Crippen LogP contribution in [0.1, 0.15) is 0 Å². The lowest BCUT2D eigenvalue weighted by Gasteiger charge is -2.13. The number of aromatic amines is 1. The van der Waals surface area contributed by atoms with Crippen LogP contribution in [0.2, 0.25) is 0 Å². The van der Waals surface area contributed by atoms with Crippen LogP contribution < -0.4 is 9.46 Å². The van der Waals surface area contributed by atoms with Gasteiger partial charge >= 0.3 is 6.36 Å². The largest absolute Gasteiger partial charge is 0.574 e. The van der Waals surface area contributed by atoms with Gasteiger partial charge in [-0.3, -0.25) is 4.72 Å². The van der Waals surface area contributed by atoms with Gasteiger partial charge in [-0.2, -0.15) is 0 Å². The predicted octanol–water partition coefficient (Wildman–Crippen LogP) is 2.01. The van der Waals surface area contributed by atoms with Crippen molar-refractivity contribution in [3.8, 4) is 5.88 Å². The van der Waals surface area contributed by atoms with E-state index < -0.39 is 22.3 Å². The maximum Gasteiger partial charge on any atom is 0.574 e. The highest BCUT2D eigenvalue weighted by Crippen LogP contribution is 2.28. The van der Waals surface area contributed by atoms with Gasteiger partial charge in [0.15, 0.2) is 0 Å². The number of aromatic nitrogens is 1. The highest BCUT2D eigenvalue weighted by atomic mass is 32.2. The van der Waals surface area contributed by atoms with E-state index in [9.17, 15) is 21.6 Å². The molecule has 2 N–H and O–H groups in total. The van der Waals surface area contributed by atoms with Crippen molar-refractivity contribution in [1.82, 2.24) is 4.98 Å². The summed E-state index contributed by atoms with van der Waals surface area (Å²) in [6.07, 6.45) is -4.15. The Labute approximate surface area is 99.7 Å². The summed E-state index contributed by atoms with van der Waals surface area (Å²) in [7, 11) is -3.72. The molecule has 0 saturated heterocycles. The monoisotopic (exact) mass is 288 g/mol. The van der Waals surface area contributed by atoms with Gasteiger partial charge in [0.05, 0.1) is 6.26 Å². The quantitative estimate of drug-likeness (QED) is 0.835. The van der Waals surface area contributed by atoms with Crippen LogP contribution in [0.4, 0.5) is 18.9 Å². The molecule has 96 valence electrons. The Morgan fingerprint density at radius 2 is 2.00 bits per heavy atom. The minimum absolute atomic E-state index is 0.0247. The number of halogens is 3. The third-order valence-electron chi connectivity index (χ3n) is 1.40. The average molecular weight is 288 g/mol. The normalized spacial score (nSPS) is 12.2. The summed E-state index contributed by atoms with van der Waals surface area (Å²) < 4.78 is 63.4. The number of rotatable bonds is 3. The summed E-state index contributed by atoms with van der Waals surface area (Å²) in [5.41, 5.74) is -0.376. The average Bonchev–Trinajstić information content (AvgIpc) is 2.05. The number of sulfonamides is 1. The van der Waals surface area contributed by atoms with Gasteiger partial charge in [0.25, 0.3) is 0 Å².